The Morgan fingerprint density at radius 2 is 1.65 bits per heavy atom. The van der Waals surface area contributed by atoms with E-state index in [0.717, 1.165) is 32.1 Å². The van der Waals surface area contributed by atoms with Gasteiger partial charge in [-0.1, -0.05) is 32.6 Å². The minimum atomic E-state index is -0.875. The van der Waals surface area contributed by atoms with Gasteiger partial charge >= 0.3 is 12.0 Å². The molecule has 23 heavy (non-hydrogen) atoms. The van der Waals surface area contributed by atoms with E-state index in [1.807, 2.05) is 6.92 Å². The summed E-state index contributed by atoms with van der Waals surface area (Å²) in [5, 5.41) is 17.0. The molecule has 1 fully saturated rings. The lowest BCUT2D eigenvalue weighted by Crippen LogP contribution is -2.61. The van der Waals surface area contributed by atoms with Gasteiger partial charge in [-0.25, -0.2) is 4.79 Å². The standard InChI is InChI=1S/C16H29N3O4/c1-2-3-11-18-15(23)19-16(9-5-4-6-10-16)14(22)17-12-7-8-13(20)21/h2-12H2,1H3,(H,17,22)(H,20,21)(H2,18,19,23). The molecule has 0 unspecified atom stereocenters. The number of hydrogen-bond acceptors (Lipinski definition) is 3. The van der Waals surface area contributed by atoms with Crippen molar-refractivity contribution < 1.29 is 19.5 Å². The third-order valence-electron chi connectivity index (χ3n) is 4.16. The lowest BCUT2D eigenvalue weighted by molar-refractivity contribution is -0.137. The van der Waals surface area contributed by atoms with E-state index >= 15 is 0 Å². The predicted molar refractivity (Wildman–Crippen MR) is 87.1 cm³/mol. The number of rotatable bonds is 9. The third-order valence-corrected chi connectivity index (χ3v) is 4.16. The molecular formula is C16H29N3O4. The van der Waals surface area contributed by atoms with E-state index < -0.39 is 11.5 Å². The maximum atomic E-state index is 12.5. The lowest BCUT2D eigenvalue weighted by Gasteiger charge is -2.36. The second kappa shape index (κ2) is 10.1. The Hall–Kier alpha value is -1.79. The fourth-order valence-electron chi connectivity index (χ4n) is 2.82. The summed E-state index contributed by atoms with van der Waals surface area (Å²) in [6, 6.07) is -0.305. The predicted octanol–water partition coefficient (Wildman–Crippen LogP) is 1.77. The molecule has 0 atom stereocenters. The second-order valence-corrected chi connectivity index (χ2v) is 6.13. The number of aliphatic carboxylic acids is 1. The number of carboxylic acid groups (broad SMARTS) is 1. The lowest BCUT2D eigenvalue weighted by atomic mass is 9.81. The monoisotopic (exact) mass is 327 g/mol. The number of hydrogen-bond donors (Lipinski definition) is 4. The molecule has 0 saturated heterocycles. The number of carbonyl (C=O) groups excluding carboxylic acids is 2. The number of urea groups is 1. The molecule has 0 aromatic rings. The molecule has 1 rings (SSSR count). The van der Waals surface area contributed by atoms with Gasteiger partial charge in [0.05, 0.1) is 0 Å². The van der Waals surface area contributed by atoms with Crippen molar-refractivity contribution >= 4 is 17.9 Å². The largest absolute Gasteiger partial charge is 0.481 e. The summed E-state index contributed by atoms with van der Waals surface area (Å²) in [7, 11) is 0. The van der Waals surface area contributed by atoms with Crippen LogP contribution >= 0.6 is 0 Å². The first kappa shape index (κ1) is 19.3. The molecule has 132 valence electrons. The zero-order valence-corrected chi connectivity index (χ0v) is 14.0. The molecule has 0 aliphatic heterocycles. The van der Waals surface area contributed by atoms with Gasteiger partial charge in [-0.3, -0.25) is 9.59 Å². The smallest absolute Gasteiger partial charge is 0.315 e. The average molecular weight is 327 g/mol. The van der Waals surface area contributed by atoms with E-state index in [-0.39, 0.29) is 18.4 Å². The zero-order valence-electron chi connectivity index (χ0n) is 14.0. The summed E-state index contributed by atoms with van der Waals surface area (Å²) in [5.74, 6) is -1.08. The summed E-state index contributed by atoms with van der Waals surface area (Å²) < 4.78 is 0. The second-order valence-electron chi connectivity index (χ2n) is 6.13. The van der Waals surface area contributed by atoms with Crippen molar-refractivity contribution in [3.05, 3.63) is 0 Å². The summed E-state index contributed by atoms with van der Waals surface area (Å²) in [6.45, 7) is 2.96. The molecule has 1 aliphatic rings. The molecule has 7 heteroatoms. The molecule has 3 amide bonds. The molecule has 0 aromatic heterocycles. The Bertz CT molecular complexity index is 406. The molecule has 0 radical (unpaired) electrons. The van der Waals surface area contributed by atoms with Crippen LogP contribution in [-0.2, 0) is 9.59 Å². The Morgan fingerprint density at radius 1 is 1.00 bits per heavy atom. The van der Waals surface area contributed by atoms with Gasteiger partial charge in [-0.2, -0.15) is 0 Å². The maximum Gasteiger partial charge on any atom is 0.315 e. The normalized spacial score (nSPS) is 16.4. The number of carboxylic acids is 1. The molecule has 0 heterocycles. The van der Waals surface area contributed by atoms with Gasteiger partial charge in [-0.15, -0.1) is 0 Å². The van der Waals surface area contributed by atoms with Gasteiger partial charge < -0.3 is 21.1 Å². The molecule has 4 N–H and O–H groups in total. The van der Waals surface area contributed by atoms with E-state index in [9.17, 15) is 14.4 Å². The summed E-state index contributed by atoms with van der Waals surface area (Å²) >= 11 is 0. The van der Waals surface area contributed by atoms with Gasteiger partial charge in [0.1, 0.15) is 5.54 Å². The molecule has 7 nitrogen and oxygen atoms in total. The van der Waals surface area contributed by atoms with Gasteiger partial charge in [0.15, 0.2) is 0 Å². The Morgan fingerprint density at radius 3 is 2.26 bits per heavy atom. The number of nitrogens with one attached hydrogen (secondary N) is 3. The van der Waals surface area contributed by atoms with Crippen LogP contribution in [0.25, 0.3) is 0 Å². The highest BCUT2D eigenvalue weighted by Crippen LogP contribution is 2.28. The molecule has 1 aliphatic carbocycles. The van der Waals surface area contributed by atoms with Crippen LogP contribution in [0.4, 0.5) is 4.79 Å². The SMILES string of the molecule is CCCCNC(=O)NC1(C(=O)NCCCC(=O)O)CCCCC1. The van der Waals surface area contributed by atoms with Crippen molar-refractivity contribution in [2.75, 3.05) is 13.1 Å². The van der Waals surface area contributed by atoms with Crippen LogP contribution in [0.5, 0.6) is 0 Å². The first-order valence-corrected chi connectivity index (χ1v) is 8.56. The van der Waals surface area contributed by atoms with Crippen molar-refractivity contribution in [3.63, 3.8) is 0 Å². The van der Waals surface area contributed by atoms with E-state index in [2.05, 4.69) is 16.0 Å². The van der Waals surface area contributed by atoms with Crippen LogP contribution in [0.3, 0.4) is 0 Å². The van der Waals surface area contributed by atoms with Crippen molar-refractivity contribution in [2.24, 2.45) is 0 Å². The first-order chi connectivity index (χ1) is 11.0. The highest BCUT2D eigenvalue weighted by atomic mass is 16.4. The topological polar surface area (TPSA) is 108 Å². The van der Waals surface area contributed by atoms with Crippen molar-refractivity contribution in [2.45, 2.75) is 70.3 Å². The fourth-order valence-corrected chi connectivity index (χ4v) is 2.82. The molecule has 0 bridgehead atoms. The summed E-state index contributed by atoms with van der Waals surface area (Å²) in [4.78, 5) is 35.1. The highest BCUT2D eigenvalue weighted by molar-refractivity contribution is 5.91. The summed E-state index contributed by atoms with van der Waals surface area (Å²) in [6.07, 6.45) is 6.43. The van der Waals surface area contributed by atoms with E-state index in [0.29, 0.717) is 32.4 Å². The minimum absolute atomic E-state index is 0.0260. The van der Waals surface area contributed by atoms with Crippen LogP contribution in [0, 0.1) is 0 Å². The van der Waals surface area contributed by atoms with Gasteiger partial charge in [0.2, 0.25) is 5.91 Å². The first-order valence-electron chi connectivity index (χ1n) is 8.56. The van der Waals surface area contributed by atoms with Crippen LogP contribution < -0.4 is 16.0 Å². The van der Waals surface area contributed by atoms with Crippen LogP contribution in [0.2, 0.25) is 0 Å². The Kier molecular flexibility index (Phi) is 8.43. The molecule has 0 spiro atoms. The van der Waals surface area contributed by atoms with E-state index in [4.69, 9.17) is 5.11 Å². The maximum absolute atomic E-state index is 12.5. The number of carbonyl (C=O) groups is 3. The quantitative estimate of drug-likeness (QED) is 0.484. The Labute approximate surface area is 137 Å². The molecule has 0 aromatic carbocycles. The zero-order chi connectivity index (χ0) is 17.1. The van der Waals surface area contributed by atoms with Gasteiger partial charge in [0.25, 0.3) is 0 Å². The number of unbranched alkanes of at least 4 members (excludes halogenated alkanes) is 1. The van der Waals surface area contributed by atoms with Gasteiger partial charge in [-0.05, 0) is 25.7 Å². The van der Waals surface area contributed by atoms with Gasteiger partial charge in [0, 0.05) is 19.5 Å². The Balaban J connectivity index is 2.53. The van der Waals surface area contributed by atoms with Crippen molar-refractivity contribution in [1.29, 1.82) is 0 Å². The van der Waals surface area contributed by atoms with Crippen molar-refractivity contribution in [3.8, 4) is 0 Å². The van der Waals surface area contributed by atoms with E-state index in [1.54, 1.807) is 0 Å². The molecule has 1 saturated carbocycles. The van der Waals surface area contributed by atoms with Crippen LogP contribution in [0.1, 0.15) is 64.7 Å². The van der Waals surface area contributed by atoms with Crippen LogP contribution in [-0.4, -0.2) is 41.6 Å². The minimum Gasteiger partial charge on any atom is -0.481 e. The third kappa shape index (κ3) is 6.88. The summed E-state index contributed by atoms with van der Waals surface area (Å²) in [5.41, 5.74) is -0.863. The molecular weight excluding hydrogens is 298 g/mol. The highest BCUT2D eigenvalue weighted by Gasteiger charge is 2.40. The van der Waals surface area contributed by atoms with E-state index in [1.165, 1.54) is 0 Å². The number of amides is 3. The fraction of sp³-hybridized carbons (Fsp3) is 0.812. The van der Waals surface area contributed by atoms with Crippen molar-refractivity contribution in [1.82, 2.24) is 16.0 Å². The average Bonchev–Trinajstić information content (AvgIpc) is 2.52. The van der Waals surface area contributed by atoms with Crippen LogP contribution in [0.15, 0.2) is 0 Å².